The Balaban J connectivity index is 3.09. The second-order valence-electron chi connectivity index (χ2n) is 3.34. The summed E-state index contributed by atoms with van der Waals surface area (Å²) in [7, 11) is 0. The van der Waals surface area contributed by atoms with Crippen LogP contribution >= 0.6 is 0 Å². The highest BCUT2D eigenvalue weighted by Crippen LogP contribution is 2.29. The molecule has 0 amide bonds. The van der Waals surface area contributed by atoms with Crippen molar-refractivity contribution in [3.63, 3.8) is 0 Å². The number of rotatable bonds is 0. The molecule has 0 bridgehead atoms. The largest absolute Gasteiger partial charge is 0.196 e. The molecule has 0 atom stereocenters. The van der Waals surface area contributed by atoms with E-state index in [2.05, 4.69) is 34.5 Å². The maximum Gasteiger partial charge on any atom is 0.196 e. The lowest BCUT2D eigenvalue weighted by Gasteiger charge is -2.00. The molecule has 0 saturated carbocycles. The molecular formula is C9H15B. The van der Waals surface area contributed by atoms with Crippen LogP contribution in [0.15, 0.2) is 22.1 Å². The quantitative estimate of drug-likeness (QED) is 0.447. The van der Waals surface area contributed by atoms with Gasteiger partial charge in [0.2, 0.25) is 0 Å². The molecule has 0 fully saturated rings. The standard InChI is InChI=1S/C9H15B/c1-6-7(2)9(4)10(5)8(6)3/h1-5H3. The van der Waals surface area contributed by atoms with E-state index in [1.807, 2.05) is 0 Å². The van der Waals surface area contributed by atoms with Crippen LogP contribution in [-0.2, 0) is 0 Å². The Morgan fingerprint density at radius 3 is 1.20 bits per heavy atom. The predicted octanol–water partition coefficient (Wildman–Crippen LogP) is 2.88. The summed E-state index contributed by atoms with van der Waals surface area (Å²) in [5.74, 6) is 0. The molecule has 0 aromatic heterocycles. The van der Waals surface area contributed by atoms with Crippen molar-refractivity contribution in [3.05, 3.63) is 22.1 Å². The Morgan fingerprint density at radius 1 is 0.800 bits per heavy atom. The third-order valence-corrected chi connectivity index (χ3v) is 3.04. The summed E-state index contributed by atoms with van der Waals surface area (Å²) in [5.41, 5.74) is 6.11. The van der Waals surface area contributed by atoms with Gasteiger partial charge in [-0.15, -0.1) is 0 Å². The summed E-state index contributed by atoms with van der Waals surface area (Å²) in [4.78, 5) is 0. The lowest BCUT2D eigenvalue weighted by atomic mass is 9.44. The Morgan fingerprint density at radius 2 is 1.10 bits per heavy atom. The molecule has 1 heterocycles. The second kappa shape index (κ2) is 2.30. The molecule has 1 heteroatoms. The fourth-order valence-corrected chi connectivity index (χ4v) is 1.57. The molecule has 0 aliphatic carbocycles. The minimum atomic E-state index is 0.694. The van der Waals surface area contributed by atoms with Crippen LogP contribution in [-0.4, -0.2) is 6.71 Å². The molecule has 0 N–H and O–H groups in total. The highest BCUT2D eigenvalue weighted by molar-refractivity contribution is 6.74. The highest BCUT2D eigenvalue weighted by atomic mass is 14.1. The van der Waals surface area contributed by atoms with Gasteiger partial charge < -0.3 is 0 Å². The molecule has 0 aromatic rings. The third-order valence-electron chi connectivity index (χ3n) is 3.04. The molecule has 0 aromatic carbocycles. The van der Waals surface area contributed by atoms with Gasteiger partial charge in [0.15, 0.2) is 6.71 Å². The molecule has 0 saturated heterocycles. The molecular weight excluding hydrogens is 119 g/mol. The summed E-state index contributed by atoms with van der Waals surface area (Å²) < 4.78 is 0. The van der Waals surface area contributed by atoms with Crippen LogP contribution in [0.3, 0.4) is 0 Å². The number of allylic oxidation sites excluding steroid dienone is 4. The predicted molar refractivity (Wildman–Crippen MR) is 48.4 cm³/mol. The summed E-state index contributed by atoms with van der Waals surface area (Å²) in [6.07, 6.45) is 0. The molecule has 1 aliphatic rings. The van der Waals surface area contributed by atoms with Gasteiger partial charge in [0.05, 0.1) is 0 Å². The van der Waals surface area contributed by atoms with E-state index in [4.69, 9.17) is 0 Å². The van der Waals surface area contributed by atoms with Gasteiger partial charge in [-0.2, -0.15) is 0 Å². The fraction of sp³-hybridized carbons (Fsp3) is 0.556. The highest BCUT2D eigenvalue weighted by Gasteiger charge is 2.22. The van der Waals surface area contributed by atoms with Crippen molar-refractivity contribution in [2.24, 2.45) is 0 Å². The summed E-state index contributed by atoms with van der Waals surface area (Å²) >= 11 is 0. The first-order valence-corrected chi connectivity index (χ1v) is 3.90. The van der Waals surface area contributed by atoms with Crippen molar-refractivity contribution in [2.75, 3.05) is 0 Å². The third kappa shape index (κ3) is 0.846. The lowest BCUT2D eigenvalue weighted by Crippen LogP contribution is -2.07. The van der Waals surface area contributed by atoms with Gasteiger partial charge in [0.25, 0.3) is 0 Å². The maximum atomic E-state index is 2.28. The smallest absolute Gasteiger partial charge is 0.0961 e. The molecule has 0 radical (unpaired) electrons. The van der Waals surface area contributed by atoms with Gasteiger partial charge in [-0.25, -0.2) is 0 Å². The number of hydrogen-bond acceptors (Lipinski definition) is 0. The molecule has 0 unspecified atom stereocenters. The molecule has 0 spiro atoms. The first kappa shape index (κ1) is 7.65. The molecule has 10 heavy (non-hydrogen) atoms. The average Bonchev–Trinajstić information content (AvgIpc) is 2.07. The van der Waals surface area contributed by atoms with Crippen molar-refractivity contribution >= 4 is 6.71 Å². The van der Waals surface area contributed by atoms with Gasteiger partial charge in [0, 0.05) is 0 Å². The van der Waals surface area contributed by atoms with E-state index >= 15 is 0 Å². The van der Waals surface area contributed by atoms with Crippen LogP contribution in [0.5, 0.6) is 0 Å². The second-order valence-corrected chi connectivity index (χ2v) is 3.34. The van der Waals surface area contributed by atoms with Crippen molar-refractivity contribution in [1.29, 1.82) is 0 Å². The zero-order valence-electron chi connectivity index (χ0n) is 7.58. The maximum absolute atomic E-state index is 2.28. The van der Waals surface area contributed by atoms with Crippen molar-refractivity contribution in [3.8, 4) is 0 Å². The zero-order valence-corrected chi connectivity index (χ0v) is 7.58. The average molecular weight is 134 g/mol. The van der Waals surface area contributed by atoms with E-state index in [-0.39, 0.29) is 0 Å². The fourth-order valence-electron chi connectivity index (χ4n) is 1.57. The minimum absolute atomic E-state index is 0.694. The summed E-state index contributed by atoms with van der Waals surface area (Å²) in [6, 6.07) is 0. The van der Waals surface area contributed by atoms with Crippen LogP contribution < -0.4 is 0 Å². The minimum Gasteiger partial charge on any atom is -0.0961 e. The van der Waals surface area contributed by atoms with E-state index in [0.717, 1.165) is 0 Å². The van der Waals surface area contributed by atoms with Crippen molar-refractivity contribution in [2.45, 2.75) is 34.5 Å². The first-order valence-electron chi connectivity index (χ1n) is 3.90. The lowest BCUT2D eigenvalue weighted by molar-refractivity contribution is 1.31. The topological polar surface area (TPSA) is 0 Å². The Hall–Kier alpha value is -0.455. The van der Waals surface area contributed by atoms with Gasteiger partial charge in [-0.05, 0) is 13.8 Å². The molecule has 0 nitrogen and oxygen atoms in total. The van der Waals surface area contributed by atoms with E-state index in [1.165, 1.54) is 11.1 Å². The SMILES string of the molecule is CB1C(C)=C(C)C(C)=C1C. The molecule has 54 valence electrons. The van der Waals surface area contributed by atoms with E-state index < -0.39 is 0 Å². The van der Waals surface area contributed by atoms with Crippen LogP contribution in [0, 0.1) is 0 Å². The number of hydrogen-bond donors (Lipinski definition) is 0. The molecule has 1 aliphatic heterocycles. The van der Waals surface area contributed by atoms with Gasteiger partial charge in [0.1, 0.15) is 0 Å². The van der Waals surface area contributed by atoms with Crippen LogP contribution in [0.4, 0.5) is 0 Å². The molecule has 1 rings (SSSR count). The zero-order chi connectivity index (χ0) is 7.89. The Labute approximate surface area is 64.1 Å². The first-order chi connectivity index (χ1) is 4.55. The van der Waals surface area contributed by atoms with E-state index in [9.17, 15) is 0 Å². The van der Waals surface area contributed by atoms with Crippen molar-refractivity contribution < 1.29 is 0 Å². The van der Waals surface area contributed by atoms with Crippen LogP contribution in [0.1, 0.15) is 27.7 Å². The summed E-state index contributed by atoms with van der Waals surface area (Å²) in [5, 5.41) is 0. The Kier molecular flexibility index (Phi) is 1.76. The van der Waals surface area contributed by atoms with Gasteiger partial charge >= 0.3 is 0 Å². The normalized spacial score (nSPS) is 19.5. The van der Waals surface area contributed by atoms with E-state index in [1.54, 1.807) is 10.9 Å². The van der Waals surface area contributed by atoms with Crippen LogP contribution in [0.25, 0.3) is 0 Å². The van der Waals surface area contributed by atoms with E-state index in [0.29, 0.717) is 6.71 Å². The van der Waals surface area contributed by atoms with Gasteiger partial charge in [-0.1, -0.05) is 42.8 Å². The monoisotopic (exact) mass is 134 g/mol. The Bertz CT molecular complexity index is 197. The van der Waals surface area contributed by atoms with Crippen molar-refractivity contribution in [1.82, 2.24) is 0 Å². The summed E-state index contributed by atoms with van der Waals surface area (Å²) in [6.45, 7) is 11.9. The van der Waals surface area contributed by atoms with Gasteiger partial charge in [-0.3, -0.25) is 0 Å². The van der Waals surface area contributed by atoms with Crippen LogP contribution in [0.2, 0.25) is 6.82 Å².